The molecule has 0 aromatic carbocycles. The van der Waals surface area contributed by atoms with Crippen molar-refractivity contribution in [2.45, 2.75) is 19.9 Å². The maximum absolute atomic E-state index is 11.7. The maximum Gasteiger partial charge on any atom is 0.234 e. The van der Waals surface area contributed by atoms with E-state index in [9.17, 15) is 4.79 Å². The Hall–Kier alpha value is -1.40. The fourth-order valence-corrected chi connectivity index (χ4v) is 2.45. The molecule has 0 saturated carbocycles. The zero-order valence-corrected chi connectivity index (χ0v) is 12.6. The molecule has 20 heavy (non-hydrogen) atoms. The summed E-state index contributed by atoms with van der Waals surface area (Å²) in [7, 11) is 0. The maximum atomic E-state index is 11.7. The smallest absolute Gasteiger partial charge is 0.234 e. The van der Waals surface area contributed by atoms with Gasteiger partial charge in [0, 0.05) is 32.2 Å². The van der Waals surface area contributed by atoms with Gasteiger partial charge < -0.3 is 10.2 Å². The molecular formula is C13H20ClN5O. The average molecular weight is 298 g/mol. The fraction of sp³-hybridized carbons (Fsp3) is 0.615. The first-order chi connectivity index (χ1) is 9.56. The van der Waals surface area contributed by atoms with Crippen LogP contribution in [0.5, 0.6) is 0 Å². The molecule has 1 aromatic rings. The Bertz CT molecular complexity index is 460. The van der Waals surface area contributed by atoms with Crippen LogP contribution in [-0.4, -0.2) is 59.5 Å². The summed E-state index contributed by atoms with van der Waals surface area (Å²) in [5, 5.41) is 3.47. The van der Waals surface area contributed by atoms with E-state index in [-0.39, 0.29) is 11.9 Å². The van der Waals surface area contributed by atoms with E-state index in [0.717, 1.165) is 32.0 Å². The summed E-state index contributed by atoms with van der Waals surface area (Å²) < 4.78 is 0. The molecule has 7 heteroatoms. The lowest BCUT2D eigenvalue weighted by Gasteiger charge is -2.35. The van der Waals surface area contributed by atoms with Gasteiger partial charge in [-0.15, -0.1) is 0 Å². The van der Waals surface area contributed by atoms with E-state index in [2.05, 4.69) is 25.1 Å². The van der Waals surface area contributed by atoms with Gasteiger partial charge >= 0.3 is 0 Å². The second-order valence-electron chi connectivity index (χ2n) is 5.18. The van der Waals surface area contributed by atoms with Crippen molar-refractivity contribution in [3.05, 3.63) is 17.5 Å². The van der Waals surface area contributed by atoms with Crippen LogP contribution in [0.4, 0.5) is 5.82 Å². The highest BCUT2D eigenvalue weighted by atomic mass is 35.5. The molecule has 0 radical (unpaired) electrons. The predicted octanol–water partition coefficient (Wildman–Crippen LogP) is 0.777. The summed E-state index contributed by atoms with van der Waals surface area (Å²) >= 11 is 6.09. The highest BCUT2D eigenvalue weighted by Gasteiger charge is 2.21. The Kier molecular flexibility index (Phi) is 5.14. The van der Waals surface area contributed by atoms with Crippen molar-refractivity contribution in [2.75, 3.05) is 37.6 Å². The Morgan fingerprint density at radius 3 is 2.70 bits per heavy atom. The van der Waals surface area contributed by atoms with Crippen LogP contribution >= 0.6 is 11.6 Å². The number of piperazine rings is 1. The van der Waals surface area contributed by atoms with Crippen LogP contribution in [0.15, 0.2) is 12.5 Å². The average Bonchev–Trinajstić information content (AvgIpc) is 2.39. The highest BCUT2D eigenvalue weighted by molar-refractivity contribution is 6.32. The second-order valence-corrected chi connectivity index (χ2v) is 5.59. The number of nitrogens with one attached hydrogen (secondary N) is 1. The summed E-state index contributed by atoms with van der Waals surface area (Å²) in [6, 6.07) is 0.184. The quantitative estimate of drug-likeness (QED) is 0.890. The summed E-state index contributed by atoms with van der Waals surface area (Å²) in [4.78, 5) is 24.1. The van der Waals surface area contributed by atoms with Gasteiger partial charge in [0.1, 0.15) is 11.3 Å². The summed E-state index contributed by atoms with van der Waals surface area (Å²) in [5.41, 5.74) is 0. The van der Waals surface area contributed by atoms with Crippen molar-refractivity contribution < 1.29 is 4.79 Å². The van der Waals surface area contributed by atoms with E-state index in [1.165, 1.54) is 6.33 Å². The third kappa shape index (κ3) is 4.05. The molecule has 1 aromatic heterocycles. The molecule has 0 bridgehead atoms. The Morgan fingerprint density at radius 1 is 1.40 bits per heavy atom. The van der Waals surface area contributed by atoms with E-state index in [1.807, 2.05) is 13.8 Å². The number of anilines is 1. The Labute approximate surface area is 124 Å². The molecule has 1 fully saturated rings. The molecule has 0 atom stereocenters. The lowest BCUT2D eigenvalue weighted by molar-refractivity contribution is -0.122. The minimum Gasteiger partial charge on any atom is -0.353 e. The Morgan fingerprint density at radius 2 is 2.10 bits per heavy atom. The van der Waals surface area contributed by atoms with Crippen LogP contribution in [0.25, 0.3) is 0 Å². The molecule has 1 amide bonds. The molecule has 110 valence electrons. The number of hydrogen-bond donors (Lipinski definition) is 1. The topological polar surface area (TPSA) is 61.4 Å². The molecule has 2 rings (SSSR count). The van der Waals surface area contributed by atoms with E-state index in [0.29, 0.717) is 11.6 Å². The van der Waals surface area contributed by atoms with Gasteiger partial charge in [0.05, 0.1) is 12.7 Å². The molecule has 6 nitrogen and oxygen atoms in total. The number of amides is 1. The lowest BCUT2D eigenvalue weighted by Crippen LogP contribution is -2.50. The van der Waals surface area contributed by atoms with Crippen molar-refractivity contribution in [1.29, 1.82) is 0 Å². The van der Waals surface area contributed by atoms with Crippen LogP contribution < -0.4 is 10.2 Å². The molecule has 0 spiro atoms. The van der Waals surface area contributed by atoms with Crippen molar-refractivity contribution >= 4 is 23.3 Å². The Balaban J connectivity index is 1.84. The van der Waals surface area contributed by atoms with Crippen molar-refractivity contribution in [3.63, 3.8) is 0 Å². The minimum atomic E-state index is 0.0773. The van der Waals surface area contributed by atoms with Crippen LogP contribution in [0.2, 0.25) is 5.02 Å². The van der Waals surface area contributed by atoms with Gasteiger partial charge in [0.15, 0.2) is 5.82 Å². The minimum absolute atomic E-state index is 0.0773. The molecule has 1 aliphatic heterocycles. The normalized spacial score (nSPS) is 16.5. The van der Waals surface area contributed by atoms with Crippen LogP contribution in [0.1, 0.15) is 13.8 Å². The SMILES string of the molecule is CC(C)NC(=O)CN1CCN(c2ncncc2Cl)CC1. The number of rotatable bonds is 4. The monoisotopic (exact) mass is 297 g/mol. The third-order valence-electron chi connectivity index (χ3n) is 3.14. The second kappa shape index (κ2) is 6.85. The van der Waals surface area contributed by atoms with Crippen LogP contribution in [0.3, 0.4) is 0 Å². The van der Waals surface area contributed by atoms with Crippen LogP contribution in [0, 0.1) is 0 Å². The number of hydrogen-bond acceptors (Lipinski definition) is 5. The molecule has 2 heterocycles. The molecule has 1 saturated heterocycles. The van der Waals surface area contributed by atoms with Gasteiger partial charge in [-0.3, -0.25) is 9.69 Å². The summed E-state index contributed by atoms with van der Waals surface area (Å²) in [5.74, 6) is 0.849. The van der Waals surface area contributed by atoms with Crippen molar-refractivity contribution in [1.82, 2.24) is 20.2 Å². The van der Waals surface area contributed by atoms with E-state index >= 15 is 0 Å². The van der Waals surface area contributed by atoms with E-state index in [1.54, 1.807) is 6.20 Å². The zero-order valence-electron chi connectivity index (χ0n) is 11.8. The van der Waals surface area contributed by atoms with Gasteiger partial charge in [-0.2, -0.15) is 0 Å². The summed E-state index contributed by atoms with van der Waals surface area (Å²) in [6.45, 7) is 7.65. The predicted molar refractivity (Wildman–Crippen MR) is 79.0 cm³/mol. The number of aromatic nitrogens is 2. The largest absolute Gasteiger partial charge is 0.353 e. The molecular weight excluding hydrogens is 278 g/mol. The van der Waals surface area contributed by atoms with Gasteiger partial charge in [-0.1, -0.05) is 11.6 Å². The van der Waals surface area contributed by atoms with Gasteiger partial charge in [0.2, 0.25) is 5.91 Å². The summed E-state index contributed by atoms with van der Waals surface area (Å²) in [6.07, 6.45) is 3.11. The first-order valence-corrected chi connectivity index (χ1v) is 7.16. The number of carbonyl (C=O) groups excluding carboxylic acids is 1. The van der Waals surface area contributed by atoms with Crippen molar-refractivity contribution in [2.24, 2.45) is 0 Å². The molecule has 1 N–H and O–H groups in total. The molecule has 0 aliphatic carbocycles. The number of halogens is 1. The molecule has 0 unspecified atom stereocenters. The first-order valence-electron chi connectivity index (χ1n) is 6.78. The first kappa shape index (κ1) is 15.0. The highest BCUT2D eigenvalue weighted by Crippen LogP contribution is 2.22. The number of nitrogens with zero attached hydrogens (tertiary/aromatic N) is 4. The van der Waals surface area contributed by atoms with Crippen molar-refractivity contribution in [3.8, 4) is 0 Å². The molecule has 1 aliphatic rings. The van der Waals surface area contributed by atoms with E-state index in [4.69, 9.17) is 11.6 Å². The lowest BCUT2D eigenvalue weighted by atomic mass is 10.3. The van der Waals surface area contributed by atoms with Crippen LogP contribution in [-0.2, 0) is 4.79 Å². The fourth-order valence-electron chi connectivity index (χ4n) is 2.23. The zero-order chi connectivity index (χ0) is 14.5. The standard InChI is InChI=1S/C13H20ClN5O/c1-10(2)17-12(20)8-18-3-5-19(6-4-18)13-11(14)7-15-9-16-13/h7,9-10H,3-6,8H2,1-2H3,(H,17,20). The van der Waals surface area contributed by atoms with Gasteiger partial charge in [-0.25, -0.2) is 9.97 Å². The third-order valence-corrected chi connectivity index (χ3v) is 3.40. The number of carbonyl (C=O) groups is 1. The van der Waals surface area contributed by atoms with Gasteiger partial charge in [-0.05, 0) is 13.8 Å². The van der Waals surface area contributed by atoms with E-state index < -0.39 is 0 Å². The van der Waals surface area contributed by atoms with Gasteiger partial charge in [0.25, 0.3) is 0 Å².